The lowest BCUT2D eigenvalue weighted by atomic mass is 10.1. The van der Waals surface area contributed by atoms with Gasteiger partial charge in [0.1, 0.15) is 6.04 Å². The molecule has 5 heteroatoms. The van der Waals surface area contributed by atoms with Gasteiger partial charge in [0.05, 0.1) is 12.1 Å². The van der Waals surface area contributed by atoms with Gasteiger partial charge in [-0.2, -0.15) is 0 Å². The molecule has 1 aliphatic heterocycles. The van der Waals surface area contributed by atoms with E-state index in [-0.39, 0.29) is 11.8 Å². The molecule has 1 fully saturated rings. The topological polar surface area (TPSA) is 65.2 Å². The van der Waals surface area contributed by atoms with Crippen LogP contribution in [0.15, 0.2) is 60.8 Å². The van der Waals surface area contributed by atoms with Crippen molar-refractivity contribution in [2.75, 3.05) is 11.9 Å². The van der Waals surface area contributed by atoms with Gasteiger partial charge in [-0.25, -0.2) is 0 Å². The molecule has 1 aromatic heterocycles. The molecule has 2 N–H and O–H groups in total. The van der Waals surface area contributed by atoms with Gasteiger partial charge >= 0.3 is 0 Å². The molecule has 4 rings (SSSR count). The van der Waals surface area contributed by atoms with E-state index >= 15 is 0 Å². The van der Waals surface area contributed by atoms with Crippen LogP contribution in [-0.2, 0) is 16.0 Å². The molecule has 0 radical (unpaired) electrons. The molecular weight excluding hydrogens is 326 g/mol. The van der Waals surface area contributed by atoms with Crippen LogP contribution in [0.25, 0.3) is 10.9 Å². The smallest absolute Gasteiger partial charge is 0.247 e. The number of nitrogens with one attached hydrogen (secondary N) is 2. The van der Waals surface area contributed by atoms with E-state index in [9.17, 15) is 9.59 Å². The number of hydrogen-bond acceptors (Lipinski definition) is 2. The molecule has 0 bridgehead atoms. The number of fused-ring (bicyclic) bond motifs is 1. The van der Waals surface area contributed by atoms with E-state index in [1.165, 1.54) is 0 Å². The largest absolute Gasteiger partial charge is 0.359 e. The lowest BCUT2D eigenvalue weighted by Crippen LogP contribution is -2.43. The second kappa shape index (κ2) is 7.04. The molecule has 0 saturated carbocycles. The Morgan fingerprint density at radius 2 is 1.85 bits per heavy atom. The first kappa shape index (κ1) is 16.4. The Balaban J connectivity index is 1.47. The minimum atomic E-state index is -0.403. The van der Waals surface area contributed by atoms with Crippen LogP contribution in [0.5, 0.6) is 0 Å². The van der Waals surface area contributed by atoms with Crippen molar-refractivity contribution < 1.29 is 9.59 Å². The molecule has 2 aromatic carbocycles. The van der Waals surface area contributed by atoms with Crippen molar-refractivity contribution in [1.82, 2.24) is 9.88 Å². The maximum Gasteiger partial charge on any atom is 0.247 e. The lowest BCUT2D eigenvalue weighted by molar-refractivity contribution is -0.136. The number of rotatable bonds is 4. The zero-order valence-electron chi connectivity index (χ0n) is 14.4. The van der Waals surface area contributed by atoms with Crippen LogP contribution >= 0.6 is 0 Å². The number of anilines is 1. The summed E-state index contributed by atoms with van der Waals surface area (Å²) in [6, 6.07) is 17.1. The first-order valence-corrected chi connectivity index (χ1v) is 8.93. The van der Waals surface area contributed by atoms with Crippen molar-refractivity contribution in [1.29, 1.82) is 0 Å². The Labute approximate surface area is 152 Å². The fourth-order valence-corrected chi connectivity index (χ4v) is 3.60. The predicted octanol–water partition coefficient (Wildman–Crippen LogP) is 3.34. The first-order valence-electron chi connectivity index (χ1n) is 8.93. The van der Waals surface area contributed by atoms with Gasteiger partial charge in [0.2, 0.25) is 11.8 Å². The second-order valence-corrected chi connectivity index (χ2v) is 6.64. The van der Waals surface area contributed by atoms with Gasteiger partial charge in [-0.15, -0.1) is 0 Å². The fourth-order valence-electron chi connectivity index (χ4n) is 3.60. The summed E-state index contributed by atoms with van der Waals surface area (Å²) >= 11 is 0. The zero-order chi connectivity index (χ0) is 17.9. The summed E-state index contributed by atoms with van der Waals surface area (Å²) in [5, 5.41) is 3.96. The SMILES string of the molecule is O=C(Nc1c[nH]c2ccccc12)[C@@H]1CCCN1C(=O)Cc1ccccc1. The van der Waals surface area contributed by atoms with Gasteiger partial charge in [-0.1, -0.05) is 48.5 Å². The normalized spacial score (nSPS) is 16.8. The predicted molar refractivity (Wildman–Crippen MR) is 102 cm³/mol. The number of H-pyrrole nitrogens is 1. The summed E-state index contributed by atoms with van der Waals surface area (Å²) in [7, 11) is 0. The molecule has 1 saturated heterocycles. The molecule has 1 aliphatic rings. The van der Waals surface area contributed by atoms with Crippen molar-refractivity contribution in [3.8, 4) is 0 Å². The van der Waals surface area contributed by atoms with Crippen LogP contribution in [0.3, 0.4) is 0 Å². The van der Waals surface area contributed by atoms with Gasteiger partial charge in [-0.05, 0) is 24.5 Å². The summed E-state index contributed by atoms with van der Waals surface area (Å²) in [6.07, 6.45) is 3.69. The van der Waals surface area contributed by atoms with Crippen LogP contribution < -0.4 is 5.32 Å². The number of amides is 2. The van der Waals surface area contributed by atoms with E-state index in [0.717, 1.165) is 28.6 Å². The third-order valence-corrected chi connectivity index (χ3v) is 4.92. The molecule has 0 aliphatic carbocycles. The molecule has 26 heavy (non-hydrogen) atoms. The van der Waals surface area contributed by atoms with E-state index in [0.29, 0.717) is 19.4 Å². The number of nitrogens with zero attached hydrogens (tertiary/aromatic N) is 1. The summed E-state index contributed by atoms with van der Waals surface area (Å²) in [4.78, 5) is 30.4. The number of likely N-dealkylation sites (tertiary alicyclic amines) is 1. The molecule has 5 nitrogen and oxygen atoms in total. The highest BCUT2D eigenvalue weighted by molar-refractivity contribution is 6.04. The number of hydrogen-bond donors (Lipinski definition) is 2. The highest BCUT2D eigenvalue weighted by Gasteiger charge is 2.34. The summed E-state index contributed by atoms with van der Waals surface area (Å²) < 4.78 is 0. The standard InChI is InChI=1S/C21H21N3O2/c25-20(13-15-7-2-1-3-8-15)24-12-6-11-19(24)21(26)23-18-14-22-17-10-5-4-9-16(17)18/h1-5,7-10,14,19,22H,6,11-13H2,(H,23,26)/t19-/m0/s1. The minimum absolute atomic E-state index is 0.00720. The molecule has 132 valence electrons. The first-order chi connectivity index (χ1) is 12.7. The van der Waals surface area contributed by atoms with Gasteiger partial charge in [0, 0.05) is 23.6 Å². The number of carbonyl (C=O) groups is 2. The highest BCUT2D eigenvalue weighted by Crippen LogP contribution is 2.25. The van der Waals surface area contributed by atoms with Crippen LogP contribution in [0, 0.1) is 0 Å². The van der Waals surface area contributed by atoms with Crippen LogP contribution in [-0.4, -0.2) is 34.3 Å². The number of carbonyl (C=O) groups excluding carboxylic acids is 2. The lowest BCUT2D eigenvalue weighted by Gasteiger charge is -2.24. The van der Waals surface area contributed by atoms with E-state index in [4.69, 9.17) is 0 Å². The monoisotopic (exact) mass is 347 g/mol. The molecule has 0 spiro atoms. The Kier molecular flexibility index (Phi) is 4.44. The van der Waals surface area contributed by atoms with Crippen LogP contribution in [0.1, 0.15) is 18.4 Å². The second-order valence-electron chi connectivity index (χ2n) is 6.64. The van der Waals surface area contributed by atoms with Crippen molar-refractivity contribution in [2.45, 2.75) is 25.3 Å². The highest BCUT2D eigenvalue weighted by atomic mass is 16.2. The van der Waals surface area contributed by atoms with Crippen LogP contribution in [0.2, 0.25) is 0 Å². The molecular formula is C21H21N3O2. The number of aromatic nitrogens is 1. The van der Waals surface area contributed by atoms with Crippen molar-refractivity contribution in [2.24, 2.45) is 0 Å². The molecule has 2 amide bonds. The van der Waals surface area contributed by atoms with Crippen molar-refractivity contribution in [3.05, 3.63) is 66.4 Å². The maximum atomic E-state index is 12.8. The average Bonchev–Trinajstić information content (AvgIpc) is 3.30. The van der Waals surface area contributed by atoms with E-state index < -0.39 is 6.04 Å². The van der Waals surface area contributed by atoms with Gasteiger partial charge in [0.25, 0.3) is 0 Å². The maximum absolute atomic E-state index is 12.8. The number of benzene rings is 2. The number of para-hydroxylation sites is 1. The molecule has 2 heterocycles. The Hall–Kier alpha value is -3.08. The zero-order valence-corrected chi connectivity index (χ0v) is 14.4. The third-order valence-electron chi connectivity index (χ3n) is 4.92. The summed E-state index contributed by atoms with van der Waals surface area (Å²) in [5.41, 5.74) is 2.71. The summed E-state index contributed by atoms with van der Waals surface area (Å²) in [6.45, 7) is 0.637. The Bertz CT molecular complexity index is 933. The Morgan fingerprint density at radius 1 is 1.08 bits per heavy atom. The molecule has 1 atom stereocenters. The van der Waals surface area contributed by atoms with Crippen molar-refractivity contribution >= 4 is 28.4 Å². The van der Waals surface area contributed by atoms with E-state index in [2.05, 4.69) is 10.3 Å². The fraction of sp³-hybridized carbons (Fsp3) is 0.238. The van der Waals surface area contributed by atoms with E-state index in [1.807, 2.05) is 54.6 Å². The molecule has 0 unspecified atom stereocenters. The van der Waals surface area contributed by atoms with Gasteiger partial charge in [0.15, 0.2) is 0 Å². The van der Waals surface area contributed by atoms with Crippen molar-refractivity contribution in [3.63, 3.8) is 0 Å². The quantitative estimate of drug-likeness (QED) is 0.760. The Morgan fingerprint density at radius 3 is 2.69 bits per heavy atom. The minimum Gasteiger partial charge on any atom is -0.359 e. The third kappa shape index (κ3) is 3.20. The van der Waals surface area contributed by atoms with Gasteiger partial charge in [-0.3, -0.25) is 9.59 Å². The molecule has 3 aromatic rings. The summed E-state index contributed by atoms with van der Waals surface area (Å²) in [5.74, 6) is -0.110. The van der Waals surface area contributed by atoms with E-state index in [1.54, 1.807) is 11.1 Å². The number of aromatic amines is 1. The van der Waals surface area contributed by atoms with Gasteiger partial charge < -0.3 is 15.2 Å². The van der Waals surface area contributed by atoms with Crippen LogP contribution in [0.4, 0.5) is 5.69 Å². The average molecular weight is 347 g/mol.